The van der Waals surface area contributed by atoms with Crippen LogP contribution in [0.25, 0.3) is 0 Å². The van der Waals surface area contributed by atoms with Crippen LogP contribution in [0.5, 0.6) is 0 Å². The first-order chi connectivity index (χ1) is 7.22. The maximum absolute atomic E-state index is 5.62. The van der Waals surface area contributed by atoms with Gasteiger partial charge in [-0.3, -0.25) is 0 Å². The molecule has 82 valence electrons. The van der Waals surface area contributed by atoms with Crippen molar-refractivity contribution in [2.75, 3.05) is 11.4 Å². The number of benzene rings is 1. The van der Waals surface area contributed by atoms with Gasteiger partial charge in [-0.05, 0) is 53.4 Å². The van der Waals surface area contributed by atoms with E-state index in [1.165, 1.54) is 35.1 Å². The van der Waals surface area contributed by atoms with E-state index in [1.54, 1.807) is 0 Å². The second-order valence-electron chi connectivity index (χ2n) is 4.17. The Morgan fingerprint density at radius 2 is 2.33 bits per heavy atom. The third-order valence-electron chi connectivity index (χ3n) is 3.11. The standard InChI is InChI=1S/C12H17BrN2/c1-9-3-2-6-15(9)12-5-4-10(8-14)7-11(12)13/h4-5,7,9H,2-3,6,8,14H2,1H3. The lowest BCUT2D eigenvalue weighted by Gasteiger charge is -2.25. The Bertz CT molecular complexity index is 351. The maximum atomic E-state index is 5.62. The van der Waals surface area contributed by atoms with Gasteiger partial charge in [0.25, 0.3) is 0 Å². The zero-order valence-electron chi connectivity index (χ0n) is 9.04. The first kappa shape index (κ1) is 11.0. The van der Waals surface area contributed by atoms with E-state index in [1.807, 2.05) is 0 Å². The summed E-state index contributed by atoms with van der Waals surface area (Å²) in [6, 6.07) is 7.07. The van der Waals surface area contributed by atoms with Crippen molar-refractivity contribution in [2.24, 2.45) is 5.73 Å². The Morgan fingerprint density at radius 3 is 2.87 bits per heavy atom. The summed E-state index contributed by atoms with van der Waals surface area (Å²) in [6.45, 7) is 4.06. The van der Waals surface area contributed by atoms with Crippen LogP contribution in [-0.2, 0) is 6.54 Å². The van der Waals surface area contributed by atoms with Gasteiger partial charge in [-0.2, -0.15) is 0 Å². The molecule has 0 aromatic heterocycles. The fourth-order valence-electron chi connectivity index (χ4n) is 2.20. The van der Waals surface area contributed by atoms with Crippen molar-refractivity contribution in [2.45, 2.75) is 32.4 Å². The summed E-state index contributed by atoms with van der Waals surface area (Å²) in [5, 5.41) is 0. The Kier molecular flexibility index (Phi) is 3.32. The van der Waals surface area contributed by atoms with Crippen LogP contribution in [0.1, 0.15) is 25.3 Å². The van der Waals surface area contributed by atoms with Gasteiger partial charge in [-0.15, -0.1) is 0 Å². The fourth-order valence-corrected chi connectivity index (χ4v) is 2.86. The number of hydrogen-bond acceptors (Lipinski definition) is 2. The summed E-state index contributed by atoms with van der Waals surface area (Å²) < 4.78 is 1.17. The normalized spacial score (nSPS) is 21.0. The molecule has 15 heavy (non-hydrogen) atoms. The quantitative estimate of drug-likeness (QED) is 0.894. The zero-order chi connectivity index (χ0) is 10.8. The molecule has 1 fully saturated rings. The van der Waals surface area contributed by atoms with Crippen molar-refractivity contribution < 1.29 is 0 Å². The van der Waals surface area contributed by atoms with Gasteiger partial charge in [0, 0.05) is 23.6 Å². The minimum absolute atomic E-state index is 0.606. The lowest BCUT2D eigenvalue weighted by molar-refractivity contribution is 0.734. The van der Waals surface area contributed by atoms with E-state index in [4.69, 9.17) is 5.73 Å². The number of rotatable bonds is 2. The molecular formula is C12H17BrN2. The molecule has 0 aliphatic carbocycles. The van der Waals surface area contributed by atoms with E-state index in [2.05, 4.69) is 46.0 Å². The molecule has 2 rings (SSSR count). The summed E-state index contributed by atoms with van der Waals surface area (Å²) in [6.07, 6.45) is 2.59. The molecule has 1 aliphatic heterocycles. The molecule has 1 unspecified atom stereocenters. The number of nitrogens with zero attached hydrogens (tertiary/aromatic N) is 1. The molecule has 1 aliphatic rings. The highest BCUT2D eigenvalue weighted by Gasteiger charge is 2.21. The third kappa shape index (κ3) is 2.18. The topological polar surface area (TPSA) is 29.3 Å². The predicted octanol–water partition coefficient (Wildman–Crippen LogP) is 2.90. The molecule has 1 heterocycles. The number of halogens is 1. The summed E-state index contributed by atoms with van der Waals surface area (Å²) in [5.74, 6) is 0. The Hall–Kier alpha value is -0.540. The van der Waals surface area contributed by atoms with Crippen LogP contribution in [0.15, 0.2) is 22.7 Å². The van der Waals surface area contributed by atoms with Crippen molar-refractivity contribution in [3.05, 3.63) is 28.2 Å². The highest BCUT2D eigenvalue weighted by Crippen LogP contribution is 2.32. The lowest BCUT2D eigenvalue weighted by atomic mass is 10.2. The van der Waals surface area contributed by atoms with Gasteiger partial charge < -0.3 is 10.6 Å². The van der Waals surface area contributed by atoms with Crippen molar-refractivity contribution in [1.29, 1.82) is 0 Å². The van der Waals surface area contributed by atoms with Gasteiger partial charge in [-0.25, -0.2) is 0 Å². The first-order valence-electron chi connectivity index (χ1n) is 5.47. The summed E-state index contributed by atoms with van der Waals surface area (Å²) in [5.41, 5.74) is 8.10. The largest absolute Gasteiger partial charge is 0.368 e. The third-order valence-corrected chi connectivity index (χ3v) is 3.75. The van der Waals surface area contributed by atoms with Crippen molar-refractivity contribution in [3.8, 4) is 0 Å². The highest BCUT2D eigenvalue weighted by atomic mass is 79.9. The van der Waals surface area contributed by atoms with E-state index in [0.717, 1.165) is 0 Å². The zero-order valence-corrected chi connectivity index (χ0v) is 10.6. The van der Waals surface area contributed by atoms with E-state index in [9.17, 15) is 0 Å². The van der Waals surface area contributed by atoms with Gasteiger partial charge in [-0.1, -0.05) is 6.07 Å². The Balaban J connectivity index is 2.28. The summed E-state index contributed by atoms with van der Waals surface area (Å²) in [7, 11) is 0. The van der Waals surface area contributed by atoms with Gasteiger partial charge in [0.05, 0.1) is 5.69 Å². The van der Waals surface area contributed by atoms with Gasteiger partial charge in [0.2, 0.25) is 0 Å². The molecule has 0 spiro atoms. The summed E-state index contributed by atoms with van der Waals surface area (Å²) in [4.78, 5) is 2.46. The van der Waals surface area contributed by atoms with Crippen molar-refractivity contribution >= 4 is 21.6 Å². The molecule has 1 aromatic rings. The van der Waals surface area contributed by atoms with Crippen LogP contribution in [0.4, 0.5) is 5.69 Å². The highest BCUT2D eigenvalue weighted by molar-refractivity contribution is 9.10. The minimum atomic E-state index is 0.606. The molecule has 0 saturated carbocycles. The second kappa shape index (κ2) is 4.54. The molecular weight excluding hydrogens is 252 g/mol. The first-order valence-corrected chi connectivity index (χ1v) is 6.27. The maximum Gasteiger partial charge on any atom is 0.0513 e. The number of anilines is 1. The van der Waals surface area contributed by atoms with Crippen molar-refractivity contribution in [1.82, 2.24) is 0 Å². The fraction of sp³-hybridized carbons (Fsp3) is 0.500. The van der Waals surface area contributed by atoms with Crippen LogP contribution in [0.3, 0.4) is 0 Å². The monoisotopic (exact) mass is 268 g/mol. The van der Waals surface area contributed by atoms with E-state index in [0.29, 0.717) is 12.6 Å². The molecule has 1 aromatic carbocycles. The molecule has 0 radical (unpaired) electrons. The van der Waals surface area contributed by atoms with E-state index >= 15 is 0 Å². The van der Waals surface area contributed by atoms with Gasteiger partial charge >= 0.3 is 0 Å². The van der Waals surface area contributed by atoms with Crippen LogP contribution >= 0.6 is 15.9 Å². The number of nitrogens with two attached hydrogens (primary N) is 1. The SMILES string of the molecule is CC1CCCN1c1ccc(CN)cc1Br. The smallest absolute Gasteiger partial charge is 0.0513 e. The average molecular weight is 269 g/mol. The van der Waals surface area contributed by atoms with Gasteiger partial charge in [0.15, 0.2) is 0 Å². The van der Waals surface area contributed by atoms with Crippen LogP contribution < -0.4 is 10.6 Å². The van der Waals surface area contributed by atoms with Crippen LogP contribution in [0, 0.1) is 0 Å². The number of hydrogen-bond donors (Lipinski definition) is 1. The Labute approximate surface area is 99.6 Å². The Morgan fingerprint density at radius 1 is 1.53 bits per heavy atom. The predicted molar refractivity (Wildman–Crippen MR) is 68.1 cm³/mol. The second-order valence-corrected chi connectivity index (χ2v) is 5.03. The lowest BCUT2D eigenvalue weighted by Crippen LogP contribution is -2.26. The molecule has 2 N–H and O–H groups in total. The average Bonchev–Trinajstić information content (AvgIpc) is 2.64. The molecule has 3 heteroatoms. The molecule has 1 atom stereocenters. The molecule has 2 nitrogen and oxygen atoms in total. The summed E-state index contributed by atoms with van der Waals surface area (Å²) >= 11 is 3.63. The van der Waals surface area contributed by atoms with Crippen molar-refractivity contribution in [3.63, 3.8) is 0 Å². The molecule has 0 amide bonds. The molecule has 1 saturated heterocycles. The van der Waals surface area contributed by atoms with E-state index < -0.39 is 0 Å². The van der Waals surface area contributed by atoms with E-state index in [-0.39, 0.29) is 0 Å². The molecule has 0 bridgehead atoms. The van der Waals surface area contributed by atoms with Crippen LogP contribution in [-0.4, -0.2) is 12.6 Å². The van der Waals surface area contributed by atoms with Gasteiger partial charge in [0.1, 0.15) is 0 Å². The van der Waals surface area contributed by atoms with Crippen LogP contribution in [0.2, 0.25) is 0 Å². The minimum Gasteiger partial charge on any atom is -0.368 e.